The van der Waals surface area contributed by atoms with Crippen LogP contribution in [0.15, 0.2) is 35.2 Å². The molecule has 2 N–H and O–H groups in total. The number of likely N-dealkylation sites (tertiary alicyclic amines) is 1. The van der Waals surface area contributed by atoms with Crippen LogP contribution >= 0.6 is 22.9 Å². The van der Waals surface area contributed by atoms with E-state index in [0.29, 0.717) is 48.9 Å². The number of anilines is 1. The van der Waals surface area contributed by atoms with Crippen LogP contribution in [0.2, 0.25) is 5.02 Å². The Balaban J connectivity index is 1.41. The van der Waals surface area contributed by atoms with E-state index in [4.69, 9.17) is 11.6 Å². The van der Waals surface area contributed by atoms with Gasteiger partial charge in [-0.15, -0.1) is 0 Å². The second kappa shape index (κ2) is 10.4. The number of piperidine rings is 1. The molecule has 1 aliphatic heterocycles. The maximum atomic E-state index is 12.5. The molecule has 2 aromatic rings. The van der Waals surface area contributed by atoms with Crippen molar-refractivity contribution in [1.82, 2.24) is 15.2 Å². The minimum Gasteiger partial charge on any atom is -0.352 e. The molecule has 0 spiro atoms. The third-order valence-electron chi connectivity index (χ3n) is 4.76. The number of halogens is 1. The molecule has 0 saturated carbocycles. The number of thiophene rings is 1. The predicted octanol–water partition coefficient (Wildman–Crippen LogP) is 3.18. The van der Waals surface area contributed by atoms with Crippen molar-refractivity contribution < 1.29 is 14.4 Å². The van der Waals surface area contributed by atoms with Gasteiger partial charge in [-0.05, 0) is 42.8 Å². The number of amides is 3. The van der Waals surface area contributed by atoms with Crippen molar-refractivity contribution in [2.45, 2.75) is 25.7 Å². The molecule has 0 radical (unpaired) electrons. The summed E-state index contributed by atoms with van der Waals surface area (Å²) in [6, 6.07) is 5.08. The van der Waals surface area contributed by atoms with Crippen molar-refractivity contribution in [1.29, 1.82) is 0 Å². The van der Waals surface area contributed by atoms with Crippen LogP contribution in [0.1, 0.15) is 36.0 Å². The first-order valence-corrected chi connectivity index (χ1v) is 10.9. The van der Waals surface area contributed by atoms with Gasteiger partial charge in [0, 0.05) is 43.2 Å². The number of carbonyl (C=O) groups is 3. The molecule has 3 amide bonds. The van der Waals surface area contributed by atoms with Crippen LogP contribution in [0, 0.1) is 5.92 Å². The first kappa shape index (κ1) is 21.3. The number of pyridine rings is 1. The highest BCUT2D eigenvalue weighted by Gasteiger charge is 2.28. The molecule has 2 aromatic heterocycles. The summed E-state index contributed by atoms with van der Waals surface area (Å²) in [4.78, 5) is 42.7. The molecule has 7 nitrogen and oxygen atoms in total. The zero-order valence-corrected chi connectivity index (χ0v) is 17.5. The molecule has 29 heavy (non-hydrogen) atoms. The van der Waals surface area contributed by atoms with Gasteiger partial charge in [-0.1, -0.05) is 11.6 Å². The van der Waals surface area contributed by atoms with E-state index in [9.17, 15) is 14.4 Å². The lowest BCUT2D eigenvalue weighted by atomic mass is 9.96. The summed E-state index contributed by atoms with van der Waals surface area (Å²) in [6.45, 7) is 1.50. The van der Waals surface area contributed by atoms with Crippen LogP contribution in [0.4, 0.5) is 5.82 Å². The summed E-state index contributed by atoms with van der Waals surface area (Å²) >= 11 is 7.27. The van der Waals surface area contributed by atoms with Gasteiger partial charge in [-0.2, -0.15) is 11.3 Å². The highest BCUT2D eigenvalue weighted by Crippen LogP contribution is 2.20. The van der Waals surface area contributed by atoms with Crippen molar-refractivity contribution in [2.24, 2.45) is 5.92 Å². The Labute approximate surface area is 178 Å². The van der Waals surface area contributed by atoms with Crippen molar-refractivity contribution in [2.75, 3.05) is 25.0 Å². The minimum atomic E-state index is -0.261. The fourth-order valence-electron chi connectivity index (χ4n) is 3.19. The largest absolute Gasteiger partial charge is 0.352 e. The van der Waals surface area contributed by atoms with Gasteiger partial charge in [0.2, 0.25) is 11.8 Å². The van der Waals surface area contributed by atoms with Gasteiger partial charge in [0.1, 0.15) is 5.82 Å². The standard InChI is InChI=1S/C20H23ClN4O3S/c21-16-5-6-17(23-11-16)24-20(28)14-3-2-9-25(12-14)18(26)4-1-8-22-19(27)15-7-10-29-13-15/h5-7,10-11,13-14H,1-4,8-9,12H2,(H,22,27)(H,23,24,28)/t14-/m1/s1. The van der Waals surface area contributed by atoms with Gasteiger partial charge >= 0.3 is 0 Å². The Morgan fingerprint density at radius 1 is 1.28 bits per heavy atom. The number of hydrogen-bond acceptors (Lipinski definition) is 5. The Morgan fingerprint density at radius 3 is 2.86 bits per heavy atom. The topological polar surface area (TPSA) is 91.4 Å². The van der Waals surface area contributed by atoms with Gasteiger partial charge in [0.15, 0.2) is 0 Å². The Hall–Kier alpha value is -2.45. The maximum Gasteiger partial charge on any atom is 0.252 e. The number of rotatable bonds is 7. The number of carbonyl (C=O) groups excluding carboxylic acids is 3. The van der Waals surface area contributed by atoms with Crippen LogP contribution in [-0.2, 0) is 9.59 Å². The molecular formula is C20H23ClN4O3S. The molecule has 9 heteroatoms. The van der Waals surface area contributed by atoms with Gasteiger partial charge < -0.3 is 15.5 Å². The molecule has 1 fully saturated rings. The first-order valence-electron chi connectivity index (χ1n) is 9.53. The summed E-state index contributed by atoms with van der Waals surface area (Å²) in [6.07, 6.45) is 3.91. The molecule has 0 aromatic carbocycles. The third-order valence-corrected chi connectivity index (χ3v) is 5.67. The zero-order chi connectivity index (χ0) is 20.6. The number of nitrogens with one attached hydrogen (secondary N) is 2. The normalized spacial score (nSPS) is 16.3. The molecule has 1 saturated heterocycles. The lowest BCUT2D eigenvalue weighted by Gasteiger charge is -2.32. The SMILES string of the molecule is O=C(NCCCC(=O)N1CCC[C@@H](C(=O)Nc2ccc(Cl)cn2)C1)c1ccsc1. The number of hydrogen-bond donors (Lipinski definition) is 2. The lowest BCUT2D eigenvalue weighted by Crippen LogP contribution is -2.44. The summed E-state index contributed by atoms with van der Waals surface area (Å²) in [5.74, 6) is -0.0610. The molecule has 1 aliphatic rings. The van der Waals surface area contributed by atoms with E-state index in [2.05, 4.69) is 15.6 Å². The summed E-state index contributed by atoms with van der Waals surface area (Å²) in [7, 11) is 0. The van der Waals surface area contributed by atoms with Crippen LogP contribution in [-0.4, -0.2) is 47.2 Å². The van der Waals surface area contributed by atoms with Crippen LogP contribution in [0.3, 0.4) is 0 Å². The second-order valence-electron chi connectivity index (χ2n) is 6.90. The highest BCUT2D eigenvalue weighted by molar-refractivity contribution is 7.08. The van der Waals surface area contributed by atoms with E-state index in [1.165, 1.54) is 17.5 Å². The van der Waals surface area contributed by atoms with Crippen molar-refractivity contribution in [3.8, 4) is 0 Å². The summed E-state index contributed by atoms with van der Waals surface area (Å²) < 4.78 is 0. The summed E-state index contributed by atoms with van der Waals surface area (Å²) in [5, 5.41) is 9.75. The van der Waals surface area contributed by atoms with E-state index >= 15 is 0 Å². The van der Waals surface area contributed by atoms with Crippen LogP contribution in [0.5, 0.6) is 0 Å². The number of aromatic nitrogens is 1. The average Bonchev–Trinajstić information content (AvgIpc) is 3.27. The second-order valence-corrected chi connectivity index (χ2v) is 8.12. The maximum absolute atomic E-state index is 12.5. The zero-order valence-electron chi connectivity index (χ0n) is 15.9. The van der Waals surface area contributed by atoms with Crippen molar-refractivity contribution in [3.63, 3.8) is 0 Å². The molecule has 0 aliphatic carbocycles. The molecule has 0 bridgehead atoms. The average molecular weight is 435 g/mol. The van der Waals surface area contributed by atoms with E-state index in [-0.39, 0.29) is 23.6 Å². The Kier molecular flexibility index (Phi) is 7.60. The van der Waals surface area contributed by atoms with Gasteiger partial charge in [-0.25, -0.2) is 4.98 Å². The van der Waals surface area contributed by atoms with E-state index < -0.39 is 0 Å². The fourth-order valence-corrected chi connectivity index (χ4v) is 3.94. The molecular weight excluding hydrogens is 412 g/mol. The first-order chi connectivity index (χ1) is 14.0. The van der Waals surface area contributed by atoms with Crippen molar-refractivity contribution >= 4 is 46.5 Å². The van der Waals surface area contributed by atoms with Gasteiger partial charge in [-0.3, -0.25) is 14.4 Å². The molecule has 3 heterocycles. The van der Waals surface area contributed by atoms with E-state index in [0.717, 1.165) is 12.8 Å². The smallest absolute Gasteiger partial charge is 0.252 e. The molecule has 1 atom stereocenters. The number of nitrogens with zero attached hydrogens (tertiary/aromatic N) is 2. The molecule has 0 unspecified atom stereocenters. The molecule has 3 rings (SSSR count). The molecule has 154 valence electrons. The third kappa shape index (κ3) is 6.27. The minimum absolute atomic E-state index is 0.0110. The summed E-state index contributed by atoms with van der Waals surface area (Å²) in [5.41, 5.74) is 0.640. The Bertz CT molecular complexity index is 842. The lowest BCUT2D eigenvalue weighted by molar-refractivity contribution is -0.134. The van der Waals surface area contributed by atoms with Gasteiger partial charge in [0.05, 0.1) is 10.9 Å². The van der Waals surface area contributed by atoms with Crippen LogP contribution < -0.4 is 10.6 Å². The fraction of sp³-hybridized carbons (Fsp3) is 0.400. The van der Waals surface area contributed by atoms with Crippen LogP contribution in [0.25, 0.3) is 0 Å². The van der Waals surface area contributed by atoms with Gasteiger partial charge in [0.25, 0.3) is 5.91 Å². The highest BCUT2D eigenvalue weighted by atomic mass is 35.5. The van der Waals surface area contributed by atoms with E-state index in [1.807, 2.05) is 5.38 Å². The van der Waals surface area contributed by atoms with Crippen molar-refractivity contribution in [3.05, 3.63) is 45.7 Å². The monoisotopic (exact) mass is 434 g/mol. The van der Waals surface area contributed by atoms with E-state index in [1.54, 1.807) is 28.5 Å². The Morgan fingerprint density at radius 2 is 2.14 bits per heavy atom. The predicted molar refractivity (Wildman–Crippen MR) is 113 cm³/mol. The quantitative estimate of drug-likeness (QED) is 0.654.